The number of hydrogen-bond donors (Lipinski definition) is 1. The molecule has 0 heterocycles. The van der Waals surface area contributed by atoms with Crippen molar-refractivity contribution >= 4 is 5.78 Å². The Kier molecular flexibility index (Phi) is 9.21. The van der Waals surface area contributed by atoms with Gasteiger partial charge in [-0.15, -0.1) is 0 Å². The molecule has 1 aromatic rings. The first-order valence-corrected chi connectivity index (χ1v) is 6.43. The van der Waals surface area contributed by atoms with Crippen LogP contribution in [0.3, 0.4) is 0 Å². The Labute approximate surface area is 122 Å². The van der Waals surface area contributed by atoms with E-state index in [-0.39, 0.29) is 5.78 Å². The van der Waals surface area contributed by atoms with Gasteiger partial charge >= 0.3 is 19.5 Å². The number of aliphatic hydroxyl groups is 1. The summed E-state index contributed by atoms with van der Waals surface area (Å²) >= 11 is 2.31. The normalized spacial score (nSPS) is 16.1. The quantitative estimate of drug-likeness (QED) is 0.675. The van der Waals surface area contributed by atoms with Crippen LogP contribution in [0.25, 0.3) is 0 Å². The standard InChI is InChI=1S/C13H15O2.C2H3.Co.O/c14-12(11-7-3-1-4-8-11)13(15)9-5-2-6-10-13;1-2;;/h3-4,7-8,15H,2,5-6,9-10H2;1H,2H2;;/q2*-1;;. The summed E-state index contributed by atoms with van der Waals surface area (Å²) in [7, 11) is 0. The van der Waals surface area contributed by atoms with E-state index in [4.69, 9.17) is 3.87 Å². The third-order valence-corrected chi connectivity index (χ3v) is 3.08. The van der Waals surface area contributed by atoms with E-state index >= 15 is 0 Å². The monoisotopic (exact) mass is 305 g/mol. The zero-order valence-electron chi connectivity index (χ0n) is 10.7. The second-order valence-electron chi connectivity index (χ2n) is 4.21. The molecule has 1 aromatic carbocycles. The fraction of sp³-hybridized carbons (Fsp3) is 0.400. The van der Waals surface area contributed by atoms with E-state index in [0.29, 0.717) is 18.4 Å². The molecule has 4 heteroatoms. The van der Waals surface area contributed by atoms with E-state index in [2.05, 4.69) is 34.9 Å². The van der Waals surface area contributed by atoms with Crippen molar-refractivity contribution in [1.29, 1.82) is 0 Å². The molecule has 1 fully saturated rings. The van der Waals surface area contributed by atoms with Gasteiger partial charge in [0.25, 0.3) is 0 Å². The number of ketones is 1. The summed E-state index contributed by atoms with van der Waals surface area (Å²) < 4.78 is 7.94. The molecular weight excluding hydrogens is 287 g/mol. The van der Waals surface area contributed by atoms with Crippen LogP contribution in [0, 0.1) is 12.6 Å². The van der Waals surface area contributed by atoms with Crippen LogP contribution in [0.2, 0.25) is 0 Å². The molecule has 1 saturated carbocycles. The molecule has 3 nitrogen and oxygen atoms in total. The maximum atomic E-state index is 12.1. The molecule has 0 bridgehead atoms. The Bertz CT molecular complexity index is 370. The third-order valence-electron chi connectivity index (χ3n) is 3.08. The molecule has 0 radical (unpaired) electrons. The van der Waals surface area contributed by atoms with Crippen LogP contribution in [0.5, 0.6) is 0 Å². The predicted octanol–water partition coefficient (Wildman–Crippen LogP) is 2.85. The molecular formula is C15H18CoO3-2. The van der Waals surface area contributed by atoms with E-state index in [1.807, 2.05) is 0 Å². The Morgan fingerprint density at radius 2 is 1.68 bits per heavy atom. The van der Waals surface area contributed by atoms with E-state index in [0.717, 1.165) is 19.3 Å². The first-order valence-electron chi connectivity index (χ1n) is 6.00. The Morgan fingerprint density at radius 1 is 1.21 bits per heavy atom. The molecule has 0 spiro atoms. The molecule has 0 unspecified atom stereocenters. The topological polar surface area (TPSA) is 54.4 Å². The number of carbonyl (C=O) groups excluding carboxylic acids is 1. The average molecular weight is 305 g/mol. The zero-order chi connectivity index (χ0) is 14.7. The van der Waals surface area contributed by atoms with Gasteiger partial charge < -0.3 is 11.7 Å². The molecule has 0 atom stereocenters. The summed E-state index contributed by atoms with van der Waals surface area (Å²) in [6, 6.07) is 9.72. The molecule has 0 amide bonds. The van der Waals surface area contributed by atoms with Gasteiger partial charge in [0, 0.05) is 0 Å². The van der Waals surface area contributed by atoms with E-state index in [1.165, 1.54) is 0 Å². The fourth-order valence-corrected chi connectivity index (χ4v) is 2.17. The van der Waals surface area contributed by atoms with Crippen molar-refractivity contribution < 1.29 is 29.4 Å². The van der Waals surface area contributed by atoms with Crippen LogP contribution in [0.1, 0.15) is 42.5 Å². The minimum atomic E-state index is -1.11. The summed E-state index contributed by atoms with van der Waals surface area (Å²) in [6.45, 7) is 7.00. The minimum absolute atomic E-state index is 0.129. The van der Waals surface area contributed by atoms with Gasteiger partial charge in [0.15, 0.2) is 5.78 Å². The van der Waals surface area contributed by atoms with E-state index in [1.54, 1.807) is 24.3 Å². The average Bonchev–Trinajstić information content (AvgIpc) is 2.52. The van der Waals surface area contributed by atoms with Crippen LogP contribution >= 0.6 is 0 Å². The molecule has 2 rings (SSSR count). The fourth-order valence-electron chi connectivity index (χ4n) is 2.17. The Morgan fingerprint density at radius 3 is 2.16 bits per heavy atom. The SMILES string of the molecule is O=C(c1cc[c-]cc1)C1(O)CCCCC1.[CH-]=C.[O]=[Co]. The molecule has 0 saturated heterocycles. The van der Waals surface area contributed by atoms with Gasteiger partial charge in [-0.1, -0.05) is 24.8 Å². The summed E-state index contributed by atoms with van der Waals surface area (Å²) in [6.07, 6.45) is 4.22. The van der Waals surface area contributed by atoms with Crippen molar-refractivity contribution in [3.8, 4) is 0 Å². The number of benzene rings is 1. The van der Waals surface area contributed by atoms with Crippen molar-refractivity contribution in [3.63, 3.8) is 0 Å². The molecule has 0 aliphatic heterocycles. The van der Waals surface area contributed by atoms with Gasteiger partial charge in [-0.25, -0.2) is 0 Å². The second-order valence-corrected chi connectivity index (χ2v) is 4.21. The summed E-state index contributed by atoms with van der Waals surface area (Å²) in [4.78, 5) is 12.1. The van der Waals surface area contributed by atoms with Crippen molar-refractivity contribution in [3.05, 3.63) is 49.1 Å². The van der Waals surface area contributed by atoms with Crippen LogP contribution in [-0.2, 0) is 19.5 Å². The van der Waals surface area contributed by atoms with Crippen LogP contribution in [0.4, 0.5) is 0 Å². The third kappa shape index (κ3) is 5.18. The van der Waals surface area contributed by atoms with Crippen molar-refractivity contribution in [2.45, 2.75) is 37.7 Å². The van der Waals surface area contributed by atoms with Gasteiger partial charge in [-0.05, 0) is 12.8 Å². The second kappa shape index (κ2) is 9.78. The van der Waals surface area contributed by atoms with Crippen molar-refractivity contribution in [1.82, 2.24) is 0 Å². The van der Waals surface area contributed by atoms with Gasteiger partial charge in [0.05, 0.1) is 0 Å². The summed E-state index contributed by atoms with van der Waals surface area (Å²) in [5.74, 6) is -0.129. The molecule has 0 aromatic heterocycles. The molecule has 1 aliphatic carbocycles. The van der Waals surface area contributed by atoms with Gasteiger partial charge in [-0.2, -0.15) is 30.3 Å². The summed E-state index contributed by atoms with van der Waals surface area (Å²) in [5.41, 5.74) is -0.516. The Hall–Kier alpha value is -1.10. The summed E-state index contributed by atoms with van der Waals surface area (Å²) in [5, 5.41) is 10.2. The number of hydrogen-bond acceptors (Lipinski definition) is 3. The zero-order valence-corrected chi connectivity index (χ0v) is 11.8. The van der Waals surface area contributed by atoms with Crippen LogP contribution < -0.4 is 0 Å². The number of carbonyl (C=O) groups is 1. The molecule has 19 heavy (non-hydrogen) atoms. The van der Waals surface area contributed by atoms with Crippen LogP contribution in [0.15, 0.2) is 30.8 Å². The first-order chi connectivity index (χ1) is 9.22. The van der Waals surface area contributed by atoms with Crippen LogP contribution in [-0.4, -0.2) is 16.5 Å². The molecule has 107 valence electrons. The molecule has 1 N–H and O–H groups in total. The maximum absolute atomic E-state index is 12.1. The molecule has 1 aliphatic rings. The van der Waals surface area contributed by atoms with Crippen molar-refractivity contribution in [2.24, 2.45) is 0 Å². The van der Waals surface area contributed by atoms with E-state index < -0.39 is 5.60 Å². The van der Waals surface area contributed by atoms with Gasteiger partial charge in [-0.3, -0.25) is 11.4 Å². The predicted molar refractivity (Wildman–Crippen MR) is 68.3 cm³/mol. The first kappa shape index (κ1) is 17.9. The van der Waals surface area contributed by atoms with Gasteiger partial charge in [0.1, 0.15) is 5.60 Å². The van der Waals surface area contributed by atoms with Gasteiger partial charge in [0.2, 0.25) is 0 Å². The van der Waals surface area contributed by atoms with E-state index in [9.17, 15) is 9.90 Å². The number of Topliss-reactive ketones (excluding diaryl/α,β-unsaturated/α-hetero) is 1. The number of rotatable bonds is 2. The van der Waals surface area contributed by atoms with Crippen molar-refractivity contribution in [2.75, 3.05) is 0 Å². The Balaban J connectivity index is 0.000000741.